The Balaban J connectivity index is 1.57. The van der Waals surface area contributed by atoms with Gasteiger partial charge in [0.1, 0.15) is 6.10 Å². The molecule has 1 aliphatic heterocycles. The molecule has 1 fully saturated rings. The van der Waals surface area contributed by atoms with E-state index in [1.165, 1.54) is 0 Å². The van der Waals surface area contributed by atoms with Gasteiger partial charge in [0.2, 0.25) is 5.91 Å². The topological polar surface area (TPSA) is 47.4 Å². The summed E-state index contributed by atoms with van der Waals surface area (Å²) in [6.45, 7) is 2.23. The third-order valence-electron chi connectivity index (χ3n) is 3.82. The lowest BCUT2D eigenvalue weighted by Gasteiger charge is -2.33. The van der Waals surface area contributed by atoms with Crippen LogP contribution in [0.3, 0.4) is 0 Å². The number of hydrogen-bond donors (Lipinski definition) is 0. The molecule has 0 bridgehead atoms. The molecule has 122 valence electrons. The van der Waals surface area contributed by atoms with Crippen molar-refractivity contribution in [1.82, 2.24) is 14.7 Å². The van der Waals surface area contributed by atoms with Crippen LogP contribution in [-0.2, 0) is 16.1 Å². The van der Waals surface area contributed by atoms with Crippen LogP contribution in [0.2, 0.25) is 10.0 Å². The van der Waals surface area contributed by atoms with Crippen LogP contribution < -0.4 is 0 Å². The highest BCUT2D eigenvalue weighted by Gasteiger charge is 2.25. The van der Waals surface area contributed by atoms with Crippen LogP contribution in [-0.4, -0.2) is 40.3 Å². The van der Waals surface area contributed by atoms with E-state index in [1.54, 1.807) is 17.1 Å². The SMILES string of the molecule is O=C(CCn1cc(Cl)cn1)N1CCO[C@@H](c2ccc(Cl)cc2)C1. The molecule has 23 heavy (non-hydrogen) atoms. The Bertz CT molecular complexity index is 672. The summed E-state index contributed by atoms with van der Waals surface area (Å²) in [6, 6.07) is 7.55. The third-order valence-corrected chi connectivity index (χ3v) is 4.26. The first-order valence-electron chi connectivity index (χ1n) is 7.44. The molecule has 0 unspecified atom stereocenters. The van der Waals surface area contributed by atoms with Crippen molar-refractivity contribution in [2.24, 2.45) is 0 Å². The summed E-state index contributed by atoms with van der Waals surface area (Å²) < 4.78 is 7.46. The predicted octanol–water partition coefficient (Wildman–Crippen LogP) is 3.18. The van der Waals surface area contributed by atoms with Gasteiger partial charge in [-0.3, -0.25) is 9.48 Å². The molecule has 7 heteroatoms. The maximum Gasteiger partial charge on any atom is 0.224 e. The molecule has 1 aliphatic rings. The van der Waals surface area contributed by atoms with Crippen molar-refractivity contribution in [2.75, 3.05) is 19.7 Å². The molecule has 1 aromatic heterocycles. The second-order valence-corrected chi connectivity index (χ2v) is 6.30. The number of morpholine rings is 1. The van der Waals surface area contributed by atoms with E-state index in [-0.39, 0.29) is 12.0 Å². The molecule has 1 saturated heterocycles. The van der Waals surface area contributed by atoms with Crippen LogP contribution in [0.15, 0.2) is 36.7 Å². The van der Waals surface area contributed by atoms with Crippen molar-refractivity contribution in [2.45, 2.75) is 19.1 Å². The number of nitrogens with zero attached hydrogens (tertiary/aromatic N) is 3. The first-order valence-corrected chi connectivity index (χ1v) is 8.20. The summed E-state index contributed by atoms with van der Waals surface area (Å²) in [5.41, 5.74) is 1.03. The zero-order valence-electron chi connectivity index (χ0n) is 12.5. The van der Waals surface area contributed by atoms with E-state index in [0.29, 0.717) is 42.7 Å². The van der Waals surface area contributed by atoms with Gasteiger partial charge < -0.3 is 9.64 Å². The van der Waals surface area contributed by atoms with Gasteiger partial charge in [-0.05, 0) is 17.7 Å². The summed E-state index contributed by atoms with van der Waals surface area (Å²) in [7, 11) is 0. The zero-order valence-corrected chi connectivity index (χ0v) is 14.0. The van der Waals surface area contributed by atoms with Crippen molar-refractivity contribution in [1.29, 1.82) is 0 Å². The highest BCUT2D eigenvalue weighted by molar-refractivity contribution is 6.30. The van der Waals surface area contributed by atoms with Crippen LogP contribution in [0.5, 0.6) is 0 Å². The number of aromatic nitrogens is 2. The summed E-state index contributed by atoms with van der Waals surface area (Å²) in [5, 5.41) is 5.35. The lowest BCUT2D eigenvalue weighted by Crippen LogP contribution is -2.42. The minimum absolute atomic E-state index is 0.0962. The van der Waals surface area contributed by atoms with Crippen LogP contribution >= 0.6 is 23.2 Å². The molecule has 2 heterocycles. The van der Waals surface area contributed by atoms with Crippen LogP contribution in [0.1, 0.15) is 18.1 Å². The van der Waals surface area contributed by atoms with E-state index in [1.807, 2.05) is 29.2 Å². The van der Waals surface area contributed by atoms with Gasteiger partial charge in [-0.25, -0.2) is 0 Å². The lowest BCUT2D eigenvalue weighted by atomic mass is 10.1. The molecular weight excluding hydrogens is 337 g/mol. The first kappa shape index (κ1) is 16.3. The van der Waals surface area contributed by atoms with E-state index in [0.717, 1.165) is 5.56 Å². The summed E-state index contributed by atoms with van der Waals surface area (Å²) in [4.78, 5) is 14.2. The molecule has 0 spiro atoms. The smallest absolute Gasteiger partial charge is 0.224 e. The second-order valence-electron chi connectivity index (χ2n) is 5.42. The number of carbonyl (C=O) groups is 1. The molecule has 1 atom stereocenters. The van der Waals surface area contributed by atoms with Gasteiger partial charge in [0.15, 0.2) is 0 Å². The summed E-state index contributed by atoms with van der Waals surface area (Å²) in [6.07, 6.45) is 3.57. The molecule has 5 nitrogen and oxygen atoms in total. The minimum Gasteiger partial charge on any atom is -0.370 e. The van der Waals surface area contributed by atoms with Crippen molar-refractivity contribution in [3.8, 4) is 0 Å². The highest BCUT2D eigenvalue weighted by Crippen LogP contribution is 2.24. The Kier molecular flexibility index (Phi) is 5.20. The number of ether oxygens (including phenoxy) is 1. The quantitative estimate of drug-likeness (QED) is 0.847. The number of hydrogen-bond acceptors (Lipinski definition) is 3. The standard InChI is InChI=1S/C16H17Cl2N3O2/c17-13-3-1-12(2-4-13)15-11-20(7-8-23-15)16(22)5-6-21-10-14(18)9-19-21/h1-4,9-10,15H,5-8,11H2/t15-/m1/s1. The highest BCUT2D eigenvalue weighted by atomic mass is 35.5. The average molecular weight is 354 g/mol. The van der Waals surface area contributed by atoms with E-state index in [2.05, 4.69) is 5.10 Å². The lowest BCUT2D eigenvalue weighted by molar-refractivity contribution is -0.139. The van der Waals surface area contributed by atoms with Gasteiger partial charge in [-0.15, -0.1) is 0 Å². The van der Waals surface area contributed by atoms with Crippen molar-refractivity contribution in [3.05, 3.63) is 52.3 Å². The normalized spacial score (nSPS) is 18.2. The molecule has 1 aromatic carbocycles. The van der Waals surface area contributed by atoms with Crippen LogP contribution in [0.4, 0.5) is 0 Å². The Labute approximate surface area is 144 Å². The van der Waals surface area contributed by atoms with Crippen molar-refractivity contribution < 1.29 is 9.53 Å². The molecule has 0 saturated carbocycles. The van der Waals surface area contributed by atoms with Crippen molar-refractivity contribution >= 4 is 29.1 Å². The number of benzene rings is 1. The summed E-state index contributed by atoms with van der Waals surface area (Å²) in [5.74, 6) is 0.0962. The Hall–Kier alpha value is -1.56. The van der Waals surface area contributed by atoms with Crippen LogP contribution in [0, 0.1) is 0 Å². The fourth-order valence-electron chi connectivity index (χ4n) is 2.58. The van der Waals surface area contributed by atoms with Crippen LogP contribution in [0.25, 0.3) is 0 Å². The predicted molar refractivity (Wildman–Crippen MR) is 88.6 cm³/mol. The maximum absolute atomic E-state index is 12.4. The van der Waals surface area contributed by atoms with Gasteiger partial charge in [0.05, 0.1) is 24.4 Å². The zero-order chi connectivity index (χ0) is 16.2. The number of carbonyl (C=O) groups excluding carboxylic acids is 1. The molecular formula is C16H17Cl2N3O2. The maximum atomic E-state index is 12.4. The minimum atomic E-state index is -0.107. The van der Waals surface area contributed by atoms with E-state index in [9.17, 15) is 4.79 Å². The first-order chi connectivity index (χ1) is 11.1. The Morgan fingerprint density at radius 3 is 2.74 bits per heavy atom. The molecule has 3 rings (SSSR count). The van der Waals surface area contributed by atoms with Gasteiger partial charge in [-0.2, -0.15) is 5.10 Å². The summed E-state index contributed by atoms with van der Waals surface area (Å²) >= 11 is 11.7. The Morgan fingerprint density at radius 2 is 2.04 bits per heavy atom. The number of rotatable bonds is 4. The molecule has 1 amide bonds. The molecule has 0 N–H and O–H groups in total. The number of halogens is 2. The van der Waals surface area contributed by atoms with Gasteiger partial charge in [-0.1, -0.05) is 35.3 Å². The van der Waals surface area contributed by atoms with Crippen molar-refractivity contribution in [3.63, 3.8) is 0 Å². The number of amides is 1. The average Bonchev–Trinajstić information content (AvgIpc) is 2.99. The fraction of sp³-hybridized carbons (Fsp3) is 0.375. The third kappa shape index (κ3) is 4.25. The largest absolute Gasteiger partial charge is 0.370 e. The molecule has 0 aliphatic carbocycles. The monoisotopic (exact) mass is 353 g/mol. The van der Waals surface area contributed by atoms with E-state index >= 15 is 0 Å². The fourth-order valence-corrected chi connectivity index (χ4v) is 2.87. The second kappa shape index (κ2) is 7.34. The molecule has 0 radical (unpaired) electrons. The number of aryl methyl sites for hydroxylation is 1. The van der Waals surface area contributed by atoms with E-state index < -0.39 is 0 Å². The van der Waals surface area contributed by atoms with Gasteiger partial charge in [0.25, 0.3) is 0 Å². The van der Waals surface area contributed by atoms with Gasteiger partial charge in [0, 0.05) is 30.7 Å². The Morgan fingerprint density at radius 1 is 1.26 bits per heavy atom. The molecule has 2 aromatic rings. The van der Waals surface area contributed by atoms with E-state index in [4.69, 9.17) is 27.9 Å². The van der Waals surface area contributed by atoms with Gasteiger partial charge >= 0.3 is 0 Å².